The molecule has 2 rings (SSSR count). The summed E-state index contributed by atoms with van der Waals surface area (Å²) in [4.78, 5) is 23.0. The maximum Gasteiger partial charge on any atom is 0.329 e. The van der Waals surface area contributed by atoms with E-state index in [4.69, 9.17) is 9.84 Å². The summed E-state index contributed by atoms with van der Waals surface area (Å²) in [5.74, 6) is -1.06. The van der Waals surface area contributed by atoms with Crippen molar-refractivity contribution in [2.24, 2.45) is 0 Å². The van der Waals surface area contributed by atoms with Crippen LogP contribution in [0.4, 0.5) is 0 Å². The van der Waals surface area contributed by atoms with Crippen LogP contribution in [0.1, 0.15) is 10.6 Å². The van der Waals surface area contributed by atoms with Gasteiger partial charge in [-0.1, -0.05) is 0 Å². The van der Waals surface area contributed by atoms with Gasteiger partial charge in [-0.05, 0) is 15.9 Å². The van der Waals surface area contributed by atoms with Crippen molar-refractivity contribution in [2.75, 3.05) is 7.11 Å². The molecule has 0 radical (unpaired) electrons. The highest BCUT2D eigenvalue weighted by Gasteiger charge is 2.12. The Balaban J connectivity index is 2.46. The smallest absolute Gasteiger partial charge is 0.329 e. The van der Waals surface area contributed by atoms with Crippen molar-refractivity contribution in [1.29, 1.82) is 0 Å². The Morgan fingerprint density at radius 3 is 2.63 bits per heavy atom. The van der Waals surface area contributed by atoms with Gasteiger partial charge in [-0.25, -0.2) is 19.7 Å². The second kappa shape index (κ2) is 5.89. The fourth-order valence-electron chi connectivity index (χ4n) is 1.33. The molecule has 0 saturated heterocycles. The van der Waals surface area contributed by atoms with Crippen LogP contribution in [0.25, 0.3) is 5.57 Å². The Kier molecular flexibility index (Phi) is 4.23. The fourth-order valence-corrected chi connectivity index (χ4v) is 2.62. The number of thiazole rings is 1. The largest absolute Gasteiger partial charge is 0.478 e. The van der Waals surface area contributed by atoms with E-state index in [1.165, 1.54) is 30.8 Å². The first-order valence-corrected chi connectivity index (χ1v) is 6.70. The van der Waals surface area contributed by atoms with Gasteiger partial charge in [-0.15, -0.1) is 11.3 Å². The average molecular weight is 342 g/mol. The van der Waals surface area contributed by atoms with Crippen LogP contribution in [0.2, 0.25) is 0 Å². The van der Waals surface area contributed by atoms with Gasteiger partial charge in [0, 0.05) is 35.0 Å². The third kappa shape index (κ3) is 3.36. The molecule has 0 atom stereocenters. The first kappa shape index (κ1) is 13.6. The molecule has 0 aromatic carbocycles. The molecular weight excluding hydrogens is 334 g/mol. The summed E-state index contributed by atoms with van der Waals surface area (Å²) < 4.78 is 5.51. The Morgan fingerprint density at radius 1 is 1.47 bits per heavy atom. The van der Waals surface area contributed by atoms with Gasteiger partial charge in [0.05, 0.1) is 7.11 Å². The zero-order chi connectivity index (χ0) is 13.8. The Bertz CT molecular complexity index is 624. The van der Waals surface area contributed by atoms with Crippen molar-refractivity contribution in [3.8, 4) is 6.01 Å². The number of halogens is 1. The molecule has 19 heavy (non-hydrogen) atoms. The molecule has 0 bridgehead atoms. The number of methoxy groups -OCH3 is 1. The van der Waals surface area contributed by atoms with Crippen LogP contribution >= 0.6 is 27.3 Å². The summed E-state index contributed by atoms with van der Waals surface area (Å²) in [7, 11) is 1.46. The number of carboxylic acids is 1. The second-order valence-corrected chi connectivity index (χ2v) is 5.00. The van der Waals surface area contributed by atoms with Crippen LogP contribution in [-0.4, -0.2) is 33.1 Å². The molecule has 6 nitrogen and oxygen atoms in total. The predicted molar refractivity (Wildman–Crippen MR) is 73.1 cm³/mol. The standard InChI is InChI=1S/C11H8BrN3O3S/c1-18-11-13-3-6(4-14-11)7(2-9(16)17)10-15-8(12)5-19-10/h2-5H,1H3,(H,16,17)/b7-2+. The summed E-state index contributed by atoms with van der Waals surface area (Å²) in [5.41, 5.74) is 1.01. The summed E-state index contributed by atoms with van der Waals surface area (Å²) in [6, 6.07) is 0.221. The highest BCUT2D eigenvalue weighted by molar-refractivity contribution is 9.10. The molecule has 0 fully saturated rings. The van der Waals surface area contributed by atoms with E-state index in [1.807, 2.05) is 0 Å². The molecule has 0 aliphatic heterocycles. The van der Waals surface area contributed by atoms with E-state index < -0.39 is 5.97 Å². The molecule has 2 heterocycles. The molecule has 2 aromatic heterocycles. The molecule has 1 N–H and O–H groups in total. The zero-order valence-corrected chi connectivity index (χ0v) is 12.1. The molecule has 0 saturated carbocycles. The van der Waals surface area contributed by atoms with E-state index in [9.17, 15) is 4.79 Å². The lowest BCUT2D eigenvalue weighted by molar-refractivity contribution is -0.131. The molecular formula is C11H8BrN3O3S. The number of ether oxygens (including phenoxy) is 1. The minimum absolute atomic E-state index is 0.221. The van der Waals surface area contributed by atoms with Gasteiger partial charge < -0.3 is 9.84 Å². The number of aliphatic carboxylic acids is 1. The lowest BCUT2D eigenvalue weighted by Crippen LogP contribution is -1.97. The molecule has 8 heteroatoms. The van der Waals surface area contributed by atoms with Crippen molar-refractivity contribution < 1.29 is 14.6 Å². The topological polar surface area (TPSA) is 85.2 Å². The molecule has 98 valence electrons. The van der Waals surface area contributed by atoms with Crippen LogP contribution in [0.3, 0.4) is 0 Å². The maximum absolute atomic E-state index is 10.9. The van der Waals surface area contributed by atoms with Crippen LogP contribution in [0, 0.1) is 0 Å². The normalized spacial score (nSPS) is 11.4. The van der Waals surface area contributed by atoms with E-state index in [0.717, 1.165) is 6.08 Å². The lowest BCUT2D eigenvalue weighted by atomic mass is 10.1. The van der Waals surface area contributed by atoms with Crippen molar-refractivity contribution in [3.63, 3.8) is 0 Å². The lowest BCUT2D eigenvalue weighted by Gasteiger charge is -2.03. The molecule has 2 aromatic rings. The average Bonchev–Trinajstić information content (AvgIpc) is 2.82. The molecule has 0 aliphatic carbocycles. The number of aromatic nitrogens is 3. The van der Waals surface area contributed by atoms with Crippen LogP contribution in [-0.2, 0) is 4.79 Å². The van der Waals surface area contributed by atoms with Crippen LogP contribution in [0.5, 0.6) is 6.01 Å². The molecule has 0 aliphatic rings. The SMILES string of the molecule is COc1ncc(/C(=C\C(=O)O)c2nc(Br)cs2)cn1. The zero-order valence-electron chi connectivity index (χ0n) is 9.70. The number of hydrogen-bond acceptors (Lipinski definition) is 6. The fraction of sp³-hybridized carbons (Fsp3) is 0.0909. The van der Waals surface area contributed by atoms with Gasteiger partial charge in [-0.2, -0.15) is 0 Å². The monoisotopic (exact) mass is 341 g/mol. The van der Waals surface area contributed by atoms with E-state index >= 15 is 0 Å². The summed E-state index contributed by atoms with van der Waals surface area (Å²) >= 11 is 4.56. The van der Waals surface area contributed by atoms with Gasteiger partial charge in [0.2, 0.25) is 0 Å². The molecule has 0 unspecified atom stereocenters. The van der Waals surface area contributed by atoms with E-state index in [2.05, 4.69) is 30.9 Å². The first-order chi connectivity index (χ1) is 9.10. The number of rotatable bonds is 4. The summed E-state index contributed by atoms with van der Waals surface area (Å²) in [6.45, 7) is 0. The summed E-state index contributed by atoms with van der Waals surface area (Å²) in [5, 5.41) is 11.3. The van der Waals surface area contributed by atoms with Gasteiger partial charge >= 0.3 is 12.0 Å². The second-order valence-electron chi connectivity index (χ2n) is 3.33. The van der Waals surface area contributed by atoms with Crippen LogP contribution in [0.15, 0.2) is 28.5 Å². The number of carboxylic acid groups (broad SMARTS) is 1. The van der Waals surface area contributed by atoms with Gasteiger partial charge in [0.15, 0.2) is 0 Å². The minimum Gasteiger partial charge on any atom is -0.478 e. The third-order valence-corrected chi connectivity index (χ3v) is 3.68. The Labute approximate surface area is 120 Å². The number of hydrogen-bond donors (Lipinski definition) is 1. The minimum atomic E-state index is -1.06. The first-order valence-electron chi connectivity index (χ1n) is 5.02. The van der Waals surface area contributed by atoms with Crippen molar-refractivity contribution in [2.45, 2.75) is 0 Å². The van der Waals surface area contributed by atoms with Gasteiger partial charge in [0.25, 0.3) is 0 Å². The highest BCUT2D eigenvalue weighted by atomic mass is 79.9. The van der Waals surface area contributed by atoms with Crippen molar-refractivity contribution in [3.05, 3.63) is 39.0 Å². The summed E-state index contributed by atoms with van der Waals surface area (Å²) in [6.07, 6.45) is 4.07. The van der Waals surface area contributed by atoms with E-state index in [1.54, 1.807) is 5.38 Å². The van der Waals surface area contributed by atoms with E-state index in [0.29, 0.717) is 20.7 Å². The number of carbonyl (C=O) groups is 1. The van der Waals surface area contributed by atoms with Crippen molar-refractivity contribution in [1.82, 2.24) is 15.0 Å². The third-order valence-electron chi connectivity index (χ3n) is 2.10. The Hall–Kier alpha value is -1.80. The maximum atomic E-state index is 10.9. The quantitative estimate of drug-likeness (QED) is 0.858. The highest BCUT2D eigenvalue weighted by Crippen LogP contribution is 2.27. The van der Waals surface area contributed by atoms with Crippen molar-refractivity contribution >= 4 is 38.8 Å². The van der Waals surface area contributed by atoms with Gasteiger partial charge in [0.1, 0.15) is 9.61 Å². The molecule has 0 spiro atoms. The van der Waals surface area contributed by atoms with E-state index in [-0.39, 0.29) is 6.01 Å². The Morgan fingerprint density at radius 2 is 2.16 bits per heavy atom. The van der Waals surface area contributed by atoms with Gasteiger partial charge in [-0.3, -0.25) is 0 Å². The van der Waals surface area contributed by atoms with Crippen LogP contribution < -0.4 is 4.74 Å². The number of nitrogens with zero attached hydrogens (tertiary/aromatic N) is 3. The molecule has 0 amide bonds. The predicted octanol–water partition coefficient (Wildman–Crippen LogP) is 2.22.